The second-order valence-corrected chi connectivity index (χ2v) is 3.03. The van der Waals surface area contributed by atoms with Crippen LogP contribution in [-0.4, -0.2) is 10.8 Å². The van der Waals surface area contributed by atoms with Gasteiger partial charge in [0.2, 0.25) is 0 Å². The SMILES string of the molecule is N=C(N)c1cc2ccccc2nc1N. The van der Waals surface area contributed by atoms with Crippen molar-refractivity contribution < 1.29 is 0 Å². The molecular weight excluding hydrogens is 176 g/mol. The molecule has 0 amide bonds. The van der Waals surface area contributed by atoms with Gasteiger partial charge in [0, 0.05) is 5.39 Å². The molecule has 0 unspecified atom stereocenters. The first-order chi connectivity index (χ1) is 6.68. The zero-order valence-electron chi connectivity index (χ0n) is 7.49. The fourth-order valence-electron chi connectivity index (χ4n) is 1.35. The molecule has 1 aromatic heterocycles. The molecule has 0 saturated carbocycles. The van der Waals surface area contributed by atoms with E-state index in [1.54, 1.807) is 6.07 Å². The van der Waals surface area contributed by atoms with Crippen molar-refractivity contribution in [3.8, 4) is 0 Å². The zero-order chi connectivity index (χ0) is 10.1. The third-order valence-electron chi connectivity index (χ3n) is 2.04. The topological polar surface area (TPSA) is 88.8 Å². The molecule has 0 aliphatic rings. The van der Waals surface area contributed by atoms with E-state index in [0.29, 0.717) is 11.4 Å². The second-order valence-electron chi connectivity index (χ2n) is 3.03. The zero-order valence-corrected chi connectivity index (χ0v) is 7.49. The number of nitrogen functional groups attached to an aromatic ring is 2. The van der Waals surface area contributed by atoms with Crippen LogP contribution in [0.3, 0.4) is 0 Å². The maximum atomic E-state index is 7.31. The number of nitrogens with zero attached hydrogens (tertiary/aromatic N) is 1. The van der Waals surface area contributed by atoms with E-state index in [1.807, 2.05) is 24.3 Å². The highest BCUT2D eigenvalue weighted by Crippen LogP contribution is 2.17. The van der Waals surface area contributed by atoms with Gasteiger partial charge in [0.1, 0.15) is 11.7 Å². The van der Waals surface area contributed by atoms with Crippen molar-refractivity contribution in [2.24, 2.45) is 5.73 Å². The Labute approximate surface area is 81.1 Å². The van der Waals surface area contributed by atoms with Crippen LogP contribution in [0, 0.1) is 5.41 Å². The van der Waals surface area contributed by atoms with Crippen molar-refractivity contribution in [3.05, 3.63) is 35.9 Å². The van der Waals surface area contributed by atoms with Crippen LogP contribution in [0.25, 0.3) is 10.9 Å². The summed E-state index contributed by atoms with van der Waals surface area (Å²) in [5.41, 5.74) is 12.3. The number of nitrogens with two attached hydrogens (primary N) is 2. The van der Waals surface area contributed by atoms with Crippen LogP contribution in [-0.2, 0) is 0 Å². The third-order valence-corrected chi connectivity index (χ3v) is 2.04. The maximum absolute atomic E-state index is 7.31. The molecule has 0 saturated heterocycles. The van der Waals surface area contributed by atoms with Gasteiger partial charge in [-0.15, -0.1) is 0 Å². The number of benzene rings is 1. The predicted octanol–water partition coefficient (Wildman–Crippen LogP) is 1.10. The number of anilines is 1. The molecule has 5 N–H and O–H groups in total. The summed E-state index contributed by atoms with van der Waals surface area (Å²) in [7, 11) is 0. The van der Waals surface area contributed by atoms with Crippen LogP contribution in [0.1, 0.15) is 5.56 Å². The van der Waals surface area contributed by atoms with Gasteiger partial charge >= 0.3 is 0 Å². The minimum absolute atomic E-state index is 0.0549. The first kappa shape index (κ1) is 8.50. The second kappa shape index (κ2) is 2.99. The number of para-hydroxylation sites is 1. The van der Waals surface area contributed by atoms with Crippen molar-refractivity contribution in [2.75, 3.05) is 5.73 Å². The van der Waals surface area contributed by atoms with Crippen molar-refractivity contribution in [2.45, 2.75) is 0 Å². The molecule has 2 rings (SSSR count). The monoisotopic (exact) mass is 186 g/mol. The molecule has 0 aliphatic carbocycles. The van der Waals surface area contributed by atoms with Crippen LogP contribution in [0.15, 0.2) is 30.3 Å². The predicted molar refractivity (Wildman–Crippen MR) is 57.2 cm³/mol. The number of hydrogen-bond acceptors (Lipinski definition) is 3. The fourth-order valence-corrected chi connectivity index (χ4v) is 1.35. The number of fused-ring (bicyclic) bond motifs is 1. The van der Waals surface area contributed by atoms with Crippen molar-refractivity contribution in [1.29, 1.82) is 5.41 Å². The van der Waals surface area contributed by atoms with Crippen molar-refractivity contribution in [1.82, 2.24) is 4.98 Å². The molecule has 0 bridgehead atoms. The molecule has 0 atom stereocenters. The van der Waals surface area contributed by atoms with Gasteiger partial charge < -0.3 is 11.5 Å². The summed E-state index contributed by atoms with van der Waals surface area (Å²) in [5, 5.41) is 8.25. The van der Waals surface area contributed by atoms with E-state index in [9.17, 15) is 0 Å². The first-order valence-corrected chi connectivity index (χ1v) is 4.18. The Balaban J connectivity index is 2.77. The Morgan fingerprint density at radius 3 is 2.71 bits per heavy atom. The van der Waals surface area contributed by atoms with Crippen molar-refractivity contribution >= 4 is 22.6 Å². The van der Waals surface area contributed by atoms with Gasteiger partial charge in [0.15, 0.2) is 0 Å². The van der Waals surface area contributed by atoms with Crippen molar-refractivity contribution in [3.63, 3.8) is 0 Å². The van der Waals surface area contributed by atoms with E-state index in [4.69, 9.17) is 16.9 Å². The number of aromatic nitrogens is 1. The largest absolute Gasteiger partial charge is 0.384 e. The third kappa shape index (κ3) is 1.26. The highest BCUT2D eigenvalue weighted by Gasteiger charge is 2.05. The number of hydrogen-bond donors (Lipinski definition) is 3. The summed E-state index contributed by atoms with van der Waals surface area (Å²) in [5.74, 6) is 0.247. The van der Waals surface area contributed by atoms with E-state index in [2.05, 4.69) is 4.98 Å². The highest BCUT2D eigenvalue weighted by atomic mass is 14.9. The standard InChI is InChI=1S/C10H10N4/c11-9(12)7-5-6-3-1-2-4-8(6)14-10(7)13/h1-5H,(H3,11,12)(H2,13,14). The molecule has 1 aromatic carbocycles. The van der Waals surface area contributed by atoms with Gasteiger partial charge in [-0.2, -0.15) is 0 Å². The van der Waals surface area contributed by atoms with Crippen LogP contribution < -0.4 is 11.5 Å². The van der Waals surface area contributed by atoms with Crippen LogP contribution in [0.5, 0.6) is 0 Å². The molecule has 0 aliphatic heterocycles. The lowest BCUT2D eigenvalue weighted by Crippen LogP contribution is -2.14. The summed E-state index contributed by atoms with van der Waals surface area (Å²) in [6, 6.07) is 9.36. The van der Waals surface area contributed by atoms with Gasteiger partial charge in [-0.3, -0.25) is 5.41 Å². The maximum Gasteiger partial charge on any atom is 0.135 e. The lowest BCUT2D eigenvalue weighted by molar-refractivity contribution is 1.36. The molecule has 0 spiro atoms. The van der Waals surface area contributed by atoms with Gasteiger partial charge in [0.05, 0.1) is 11.1 Å². The van der Waals surface area contributed by atoms with Gasteiger partial charge in [-0.1, -0.05) is 18.2 Å². The molecule has 4 heteroatoms. The minimum Gasteiger partial charge on any atom is -0.384 e. The van der Waals surface area contributed by atoms with E-state index in [1.165, 1.54) is 0 Å². The minimum atomic E-state index is -0.0549. The molecule has 0 radical (unpaired) electrons. The average molecular weight is 186 g/mol. The van der Waals surface area contributed by atoms with Gasteiger partial charge in [-0.05, 0) is 12.1 Å². The quantitative estimate of drug-likeness (QED) is 0.460. The Bertz CT molecular complexity index is 504. The molecule has 1 heterocycles. The van der Waals surface area contributed by atoms with Crippen LogP contribution in [0.2, 0.25) is 0 Å². The van der Waals surface area contributed by atoms with Gasteiger partial charge in [0.25, 0.3) is 0 Å². The summed E-state index contributed by atoms with van der Waals surface area (Å²) >= 11 is 0. The molecule has 0 fully saturated rings. The average Bonchev–Trinajstić information content (AvgIpc) is 2.16. The molecule has 2 aromatic rings. The van der Waals surface area contributed by atoms with Crippen LogP contribution >= 0.6 is 0 Å². The van der Waals surface area contributed by atoms with E-state index >= 15 is 0 Å². The van der Waals surface area contributed by atoms with Gasteiger partial charge in [-0.25, -0.2) is 4.98 Å². The van der Waals surface area contributed by atoms with Crippen LogP contribution in [0.4, 0.5) is 5.82 Å². The lowest BCUT2D eigenvalue weighted by atomic mass is 10.1. The molecule has 4 nitrogen and oxygen atoms in total. The Morgan fingerprint density at radius 1 is 1.29 bits per heavy atom. The Kier molecular flexibility index (Phi) is 1.81. The summed E-state index contributed by atoms with van der Waals surface area (Å²) in [6.45, 7) is 0. The first-order valence-electron chi connectivity index (χ1n) is 4.18. The lowest BCUT2D eigenvalue weighted by Gasteiger charge is -2.04. The van der Waals surface area contributed by atoms with E-state index < -0.39 is 0 Å². The highest BCUT2D eigenvalue weighted by molar-refractivity contribution is 6.02. The normalized spacial score (nSPS) is 10.3. The summed E-state index contributed by atoms with van der Waals surface area (Å²) < 4.78 is 0. The molecular formula is C10H10N4. The number of nitrogens with one attached hydrogen (secondary N) is 1. The Morgan fingerprint density at radius 2 is 2.00 bits per heavy atom. The summed E-state index contributed by atoms with van der Waals surface area (Å²) in [4.78, 5) is 4.15. The van der Waals surface area contributed by atoms with E-state index in [0.717, 1.165) is 10.9 Å². The number of amidine groups is 1. The smallest absolute Gasteiger partial charge is 0.135 e. The Hall–Kier alpha value is -2.10. The summed E-state index contributed by atoms with van der Waals surface area (Å²) in [6.07, 6.45) is 0. The fraction of sp³-hybridized carbons (Fsp3) is 0. The molecule has 14 heavy (non-hydrogen) atoms. The number of pyridine rings is 1. The van der Waals surface area contributed by atoms with E-state index in [-0.39, 0.29) is 5.84 Å². The molecule has 70 valence electrons. The number of rotatable bonds is 1.